The van der Waals surface area contributed by atoms with Crippen molar-refractivity contribution in [1.29, 1.82) is 5.41 Å². The summed E-state index contributed by atoms with van der Waals surface area (Å²) in [5.41, 5.74) is 9.17. The van der Waals surface area contributed by atoms with Gasteiger partial charge in [0, 0.05) is 23.2 Å². The fraction of sp³-hybridized carbons (Fsp3) is 0.217. The Morgan fingerprint density at radius 1 is 1.09 bits per heavy atom. The minimum Gasteiger partial charge on any atom is -0.469 e. The SMILES string of the molecule is COC(=O)CCc1ccc(-n2c(C)c(-c3ccc(C(=O)OC)cc3C(=N)N)[nH]c2=O)cc1. The lowest BCUT2D eigenvalue weighted by atomic mass is 9.99. The molecule has 4 N–H and O–H groups in total. The summed E-state index contributed by atoms with van der Waals surface area (Å²) in [6.45, 7) is 1.77. The molecule has 9 nitrogen and oxygen atoms in total. The summed E-state index contributed by atoms with van der Waals surface area (Å²) in [5, 5.41) is 7.92. The molecule has 166 valence electrons. The van der Waals surface area contributed by atoms with Crippen molar-refractivity contribution in [2.24, 2.45) is 5.73 Å². The Morgan fingerprint density at radius 3 is 2.38 bits per heavy atom. The minimum absolute atomic E-state index is 0.242. The number of carbonyl (C=O) groups excluding carboxylic acids is 2. The van der Waals surface area contributed by atoms with E-state index < -0.39 is 5.97 Å². The predicted octanol–water partition coefficient (Wildman–Crippen LogP) is 2.32. The van der Waals surface area contributed by atoms with E-state index in [9.17, 15) is 14.4 Å². The molecule has 0 atom stereocenters. The van der Waals surface area contributed by atoms with Crippen LogP contribution in [0.15, 0.2) is 47.3 Å². The van der Waals surface area contributed by atoms with Crippen LogP contribution in [-0.4, -0.2) is 41.5 Å². The van der Waals surface area contributed by atoms with Gasteiger partial charge in [-0.3, -0.25) is 14.8 Å². The molecule has 0 aliphatic carbocycles. The summed E-state index contributed by atoms with van der Waals surface area (Å²) < 4.78 is 10.9. The highest BCUT2D eigenvalue weighted by molar-refractivity contribution is 6.03. The zero-order chi connectivity index (χ0) is 23.4. The molecule has 1 heterocycles. The standard InChI is InChI=1S/C23H24N4O5/c1-13-20(17-10-7-15(22(29)32-3)12-18(17)21(24)25)26-23(30)27(13)16-8-4-14(5-9-16)6-11-19(28)31-2/h4-5,7-10,12H,6,11H2,1-3H3,(H3,24,25)(H,26,30). The van der Waals surface area contributed by atoms with Crippen LogP contribution in [0.25, 0.3) is 16.9 Å². The van der Waals surface area contributed by atoms with Crippen LogP contribution in [0.3, 0.4) is 0 Å². The van der Waals surface area contributed by atoms with Crippen LogP contribution in [0, 0.1) is 12.3 Å². The summed E-state index contributed by atoms with van der Waals surface area (Å²) in [6, 6.07) is 11.9. The molecule has 0 radical (unpaired) electrons. The third kappa shape index (κ3) is 4.46. The second-order valence-electron chi connectivity index (χ2n) is 7.13. The number of ether oxygens (including phenoxy) is 2. The van der Waals surface area contributed by atoms with Gasteiger partial charge in [-0.1, -0.05) is 18.2 Å². The van der Waals surface area contributed by atoms with Gasteiger partial charge < -0.3 is 20.2 Å². The maximum Gasteiger partial charge on any atom is 0.337 e. The molecule has 0 unspecified atom stereocenters. The predicted molar refractivity (Wildman–Crippen MR) is 119 cm³/mol. The van der Waals surface area contributed by atoms with Crippen molar-refractivity contribution in [3.63, 3.8) is 0 Å². The van der Waals surface area contributed by atoms with E-state index in [1.807, 2.05) is 12.1 Å². The monoisotopic (exact) mass is 436 g/mol. The summed E-state index contributed by atoms with van der Waals surface area (Å²) in [6.07, 6.45) is 0.812. The minimum atomic E-state index is -0.547. The normalized spacial score (nSPS) is 10.6. The maximum atomic E-state index is 12.8. The van der Waals surface area contributed by atoms with Crippen LogP contribution in [0.2, 0.25) is 0 Å². The maximum absolute atomic E-state index is 12.8. The summed E-state index contributed by atoms with van der Waals surface area (Å²) in [5.74, 6) is -1.07. The number of rotatable bonds is 7. The van der Waals surface area contributed by atoms with E-state index in [-0.39, 0.29) is 29.5 Å². The van der Waals surface area contributed by atoms with Crippen molar-refractivity contribution < 1.29 is 19.1 Å². The molecule has 3 aromatic rings. The van der Waals surface area contributed by atoms with E-state index in [1.165, 1.54) is 24.9 Å². The van der Waals surface area contributed by atoms with E-state index >= 15 is 0 Å². The van der Waals surface area contributed by atoms with Crippen molar-refractivity contribution in [3.05, 3.63) is 75.3 Å². The third-order valence-electron chi connectivity index (χ3n) is 5.17. The fourth-order valence-corrected chi connectivity index (χ4v) is 3.48. The number of carbonyl (C=O) groups is 2. The quantitative estimate of drug-likeness (QED) is 0.295. The summed E-state index contributed by atoms with van der Waals surface area (Å²) in [4.78, 5) is 38.8. The number of imidazole rings is 1. The Kier molecular flexibility index (Phi) is 6.58. The van der Waals surface area contributed by atoms with E-state index in [1.54, 1.807) is 31.2 Å². The first-order valence-electron chi connectivity index (χ1n) is 9.81. The second-order valence-corrected chi connectivity index (χ2v) is 7.13. The largest absolute Gasteiger partial charge is 0.469 e. The number of esters is 2. The van der Waals surface area contributed by atoms with E-state index in [2.05, 4.69) is 9.72 Å². The number of amidine groups is 1. The molecule has 9 heteroatoms. The third-order valence-corrected chi connectivity index (χ3v) is 5.17. The fourth-order valence-electron chi connectivity index (χ4n) is 3.48. The molecular formula is C23H24N4O5. The number of nitrogens with zero attached hydrogens (tertiary/aromatic N) is 1. The molecule has 0 saturated heterocycles. The van der Waals surface area contributed by atoms with Crippen molar-refractivity contribution in [2.75, 3.05) is 14.2 Å². The van der Waals surface area contributed by atoms with Gasteiger partial charge in [0.1, 0.15) is 5.84 Å². The Hall–Kier alpha value is -4.14. The first-order valence-corrected chi connectivity index (χ1v) is 9.81. The number of aromatic amines is 1. The Morgan fingerprint density at radius 2 is 1.78 bits per heavy atom. The van der Waals surface area contributed by atoms with Crippen molar-refractivity contribution in [1.82, 2.24) is 9.55 Å². The number of hydrogen-bond acceptors (Lipinski definition) is 6. The average Bonchev–Trinajstić information content (AvgIpc) is 3.10. The van der Waals surface area contributed by atoms with Crippen molar-refractivity contribution in [3.8, 4) is 16.9 Å². The van der Waals surface area contributed by atoms with Crippen LogP contribution >= 0.6 is 0 Å². The highest BCUT2D eigenvalue weighted by atomic mass is 16.5. The smallest absolute Gasteiger partial charge is 0.337 e. The number of hydrogen-bond donors (Lipinski definition) is 3. The van der Waals surface area contributed by atoms with Gasteiger partial charge in [-0.05, 0) is 43.2 Å². The summed E-state index contributed by atoms with van der Waals surface area (Å²) in [7, 11) is 2.62. The Balaban J connectivity index is 2.00. The van der Waals surface area contributed by atoms with Crippen molar-refractivity contribution >= 4 is 17.8 Å². The molecule has 0 spiro atoms. The number of benzene rings is 2. The lowest BCUT2D eigenvalue weighted by molar-refractivity contribution is -0.140. The van der Waals surface area contributed by atoms with Crippen LogP contribution < -0.4 is 11.4 Å². The van der Waals surface area contributed by atoms with Crippen LogP contribution in [0.5, 0.6) is 0 Å². The van der Waals surface area contributed by atoms with Crippen molar-refractivity contribution in [2.45, 2.75) is 19.8 Å². The van der Waals surface area contributed by atoms with E-state index in [4.69, 9.17) is 15.9 Å². The Labute approximate surface area is 184 Å². The van der Waals surface area contributed by atoms with Crippen LogP contribution in [-0.2, 0) is 20.7 Å². The lowest BCUT2D eigenvalue weighted by Gasteiger charge is -2.11. The van der Waals surface area contributed by atoms with Gasteiger partial charge in [0.2, 0.25) is 0 Å². The average molecular weight is 436 g/mol. The zero-order valence-corrected chi connectivity index (χ0v) is 18.0. The van der Waals surface area contributed by atoms with Gasteiger partial charge in [0.15, 0.2) is 0 Å². The number of methoxy groups -OCH3 is 2. The molecule has 3 rings (SSSR count). The Bertz CT molecular complexity index is 1240. The molecule has 0 fully saturated rings. The number of aryl methyl sites for hydroxylation is 1. The first-order chi connectivity index (χ1) is 15.3. The summed E-state index contributed by atoms with van der Waals surface area (Å²) >= 11 is 0. The van der Waals surface area contributed by atoms with E-state index in [0.29, 0.717) is 34.6 Å². The number of nitrogens with two attached hydrogens (primary N) is 1. The van der Waals surface area contributed by atoms with Gasteiger partial charge in [0.05, 0.1) is 31.2 Å². The van der Waals surface area contributed by atoms with Gasteiger partial charge in [0.25, 0.3) is 0 Å². The first kappa shape index (κ1) is 22.5. The second kappa shape index (κ2) is 9.34. The number of nitrogens with one attached hydrogen (secondary N) is 2. The molecule has 1 aromatic heterocycles. The molecule has 0 aliphatic heterocycles. The highest BCUT2D eigenvalue weighted by Crippen LogP contribution is 2.27. The number of aromatic nitrogens is 2. The number of H-pyrrole nitrogens is 1. The van der Waals surface area contributed by atoms with Gasteiger partial charge >= 0.3 is 17.6 Å². The molecule has 32 heavy (non-hydrogen) atoms. The molecule has 0 bridgehead atoms. The highest BCUT2D eigenvalue weighted by Gasteiger charge is 2.19. The van der Waals surface area contributed by atoms with Gasteiger partial charge in [-0.25, -0.2) is 9.59 Å². The van der Waals surface area contributed by atoms with Gasteiger partial charge in [-0.2, -0.15) is 0 Å². The van der Waals surface area contributed by atoms with Crippen LogP contribution in [0.4, 0.5) is 0 Å². The molecule has 2 aromatic carbocycles. The van der Waals surface area contributed by atoms with Gasteiger partial charge in [-0.15, -0.1) is 0 Å². The van der Waals surface area contributed by atoms with E-state index in [0.717, 1.165) is 5.56 Å². The zero-order valence-electron chi connectivity index (χ0n) is 18.0. The molecular weight excluding hydrogens is 412 g/mol. The molecule has 0 saturated carbocycles. The molecule has 0 aliphatic rings. The lowest BCUT2D eigenvalue weighted by Crippen LogP contribution is -2.15. The van der Waals surface area contributed by atoms with Crippen LogP contribution in [0.1, 0.15) is 33.6 Å². The molecule has 0 amide bonds. The number of nitrogen functional groups attached to an aromatic ring is 1. The topological polar surface area (TPSA) is 140 Å².